The highest BCUT2D eigenvalue weighted by atomic mass is 16.5. The number of benzene rings is 1. The van der Waals surface area contributed by atoms with Crippen LogP contribution in [0.1, 0.15) is 35.5 Å². The Morgan fingerprint density at radius 1 is 1.30 bits per heavy atom. The maximum absolute atomic E-state index is 12.1. The zero-order valence-electron chi connectivity index (χ0n) is 12.4. The van der Waals surface area contributed by atoms with E-state index >= 15 is 0 Å². The van der Waals surface area contributed by atoms with Crippen LogP contribution >= 0.6 is 0 Å². The lowest BCUT2D eigenvalue weighted by Crippen LogP contribution is -2.13. The van der Waals surface area contributed by atoms with Crippen LogP contribution in [0.3, 0.4) is 0 Å². The van der Waals surface area contributed by atoms with Crippen molar-refractivity contribution in [2.24, 2.45) is 0 Å². The Labute approximate surface area is 119 Å². The third kappa shape index (κ3) is 2.59. The van der Waals surface area contributed by atoms with Crippen LogP contribution in [0, 0.1) is 13.8 Å². The van der Waals surface area contributed by atoms with Gasteiger partial charge in [-0.3, -0.25) is 4.68 Å². The second-order valence-electron chi connectivity index (χ2n) is 4.73. The molecular formula is C16H20N2O2. The standard InChI is InChI=1S/C16H20N2O2/c1-5-18-15(16(19)20-6-2)12(4)14(17-18)13-9-7-8-11(3)10-13/h7-10H,5-6H2,1-4H3. The van der Waals surface area contributed by atoms with E-state index in [0.29, 0.717) is 18.8 Å². The molecule has 1 aromatic carbocycles. The molecule has 1 aromatic heterocycles. The fourth-order valence-corrected chi connectivity index (χ4v) is 2.30. The SMILES string of the molecule is CCOC(=O)c1c(C)c(-c2cccc(C)c2)nn1CC. The summed E-state index contributed by atoms with van der Waals surface area (Å²) in [7, 11) is 0. The summed E-state index contributed by atoms with van der Waals surface area (Å²) >= 11 is 0. The number of hydrogen-bond acceptors (Lipinski definition) is 3. The lowest BCUT2D eigenvalue weighted by molar-refractivity contribution is 0.0511. The fraction of sp³-hybridized carbons (Fsp3) is 0.375. The van der Waals surface area contributed by atoms with Gasteiger partial charge in [-0.25, -0.2) is 4.79 Å². The highest BCUT2D eigenvalue weighted by Crippen LogP contribution is 2.26. The lowest BCUT2D eigenvalue weighted by atomic mass is 10.0. The van der Waals surface area contributed by atoms with E-state index in [-0.39, 0.29) is 5.97 Å². The van der Waals surface area contributed by atoms with Crippen molar-refractivity contribution in [2.75, 3.05) is 6.61 Å². The summed E-state index contributed by atoms with van der Waals surface area (Å²) in [5.41, 5.74) is 4.46. The zero-order chi connectivity index (χ0) is 14.7. The van der Waals surface area contributed by atoms with Gasteiger partial charge in [-0.05, 0) is 33.8 Å². The predicted octanol–water partition coefficient (Wildman–Crippen LogP) is 3.36. The summed E-state index contributed by atoms with van der Waals surface area (Å²) in [6, 6.07) is 8.13. The van der Waals surface area contributed by atoms with Crippen LogP contribution in [0.2, 0.25) is 0 Å². The van der Waals surface area contributed by atoms with E-state index in [1.807, 2.05) is 39.0 Å². The summed E-state index contributed by atoms with van der Waals surface area (Å²) in [5, 5.41) is 4.56. The number of rotatable bonds is 4. The molecule has 20 heavy (non-hydrogen) atoms. The quantitative estimate of drug-likeness (QED) is 0.802. The van der Waals surface area contributed by atoms with Gasteiger partial charge < -0.3 is 4.74 Å². The van der Waals surface area contributed by atoms with Crippen molar-refractivity contribution in [3.8, 4) is 11.3 Å². The van der Waals surface area contributed by atoms with E-state index in [2.05, 4.69) is 11.2 Å². The second-order valence-corrected chi connectivity index (χ2v) is 4.73. The van der Waals surface area contributed by atoms with E-state index in [1.54, 1.807) is 11.6 Å². The molecule has 106 valence electrons. The van der Waals surface area contributed by atoms with Gasteiger partial charge in [-0.1, -0.05) is 23.8 Å². The predicted molar refractivity (Wildman–Crippen MR) is 78.8 cm³/mol. The van der Waals surface area contributed by atoms with Crippen molar-refractivity contribution in [3.63, 3.8) is 0 Å². The van der Waals surface area contributed by atoms with Gasteiger partial charge in [0.05, 0.1) is 12.3 Å². The molecule has 4 heteroatoms. The molecule has 0 aliphatic rings. The first-order valence-corrected chi connectivity index (χ1v) is 6.90. The summed E-state index contributed by atoms with van der Waals surface area (Å²) < 4.78 is 6.84. The van der Waals surface area contributed by atoms with Gasteiger partial charge in [0, 0.05) is 17.7 Å². The maximum Gasteiger partial charge on any atom is 0.356 e. The van der Waals surface area contributed by atoms with Crippen molar-refractivity contribution in [1.82, 2.24) is 9.78 Å². The van der Waals surface area contributed by atoms with Crippen molar-refractivity contribution in [2.45, 2.75) is 34.2 Å². The fourth-order valence-electron chi connectivity index (χ4n) is 2.30. The Kier molecular flexibility index (Phi) is 4.23. The minimum atomic E-state index is -0.307. The molecule has 0 N–H and O–H groups in total. The second kappa shape index (κ2) is 5.90. The number of aromatic nitrogens is 2. The summed E-state index contributed by atoms with van der Waals surface area (Å²) in [4.78, 5) is 12.1. The van der Waals surface area contributed by atoms with E-state index < -0.39 is 0 Å². The number of hydrogen-bond donors (Lipinski definition) is 0. The molecular weight excluding hydrogens is 252 g/mol. The molecule has 0 saturated carbocycles. The number of nitrogens with zero attached hydrogens (tertiary/aromatic N) is 2. The summed E-state index contributed by atoms with van der Waals surface area (Å²) in [6.45, 7) is 8.75. The van der Waals surface area contributed by atoms with E-state index in [0.717, 1.165) is 16.8 Å². The van der Waals surface area contributed by atoms with Crippen LogP contribution in [0.4, 0.5) is 0 Å². The Hall–Kier alpha value is -2.10. The lowest BCUT2D eigenvalue weighted by Gasteiger charge is -2.04. The highest BCUT2D eigenvalue weighted by Gasteiger charge is 2.21. The van der Waals surface area contributed by atoms with Gasteiger partial charge in [0.15, 0.2) is 0 Å². The minimum absolute atomic E-state index is 0.307. The van der Waals surface area contributed by atoms with Crippen LogP contribution < -0.4 is 0 Å². The largest absolute Gasteiger partial charge is 0.461 e. The molecule has 0 unspecified atom stereocenters. The molecule has 0 aliphatic heterocycles. The third-order valence-electron chi connectivity index (χ3n) is 3.25. The number of aryl methyl sites for hydroxylation is 2. The Morgan fingerprint density at radius 2 is 2.05 bits per heavy atom. The van der Waals surface area contributed by atoms with Gasteiger partial charge in [0.1, 0.15) is 5.69 Å². The monoisotopic (exact) mass is 272 g/mol. The average molecular weight is 272 g/mol. The number of carbonyl (C=O) groups excluding carboxylic acids is 1. The molecule has 0 saturated heterocycles. The molecule has 0 amide bonds. The van der Waals surface area contributed by atoms with Crippen LogP contribution in [-0.2, 0) is 11.3 Å². The Balaban J connectivity index is 2.54. The Morgan fingerprint density at radius 3 is 2.65 bits per heavy atom. The Bertz CT molecular complexity index is 629. The highest BCUT2D eigenvalue weighted by molar-refractivity contribution is 5.91. The van der Waals surface area contributed by atoms with Gasteiger partial charge in [-0.15, -0.1) is 0 Å². The molecule has 4 nitrogen and oxygen atoms in total. The van der Waals surface area contributed by atoms with Crippen LogP contribution in [0.5, 0.6) is 0 Å². The summed E-state index contributed by atoms with van der Waals surface area (Å²) in [6.07, 6.45) is 0. The van der Waals surface area contributed by atoms with E-state index in [1.165, 1.54) is 5.56 Å². The average Bonchev–Trinajstić information content (AvgIpc) is 2.76. The van der Waals surface area contributed by atoms with E-state index in [4.69, 9.17) is 4.74 Å². The number of carbonyl (C=O) groups is 1. The van der Waals surface area contributed by atoms with E-state index in [9.17, 15) is 4.79 Å². The van der Waals surface area contributed by atoms with Crippen molar-refractivity contribution in [3.05, 3.63) is 41.1 Å². The van der Waals surface area contributed by atoms with Gasteiger partial charge in [0.25, 0.3) is 0 Å². The normalized spacial score (nSPS) is 10.6. The summed E-state index contributed by atoms with van der Waals surface area (Å²) in [5.74, 6) is -0.307. The molecule has 2 aromatic rings. The van der Waals surface area contributed by atoms with Gasteiger partial charge in [-0.2, -0.15) is 5.10 Å². The minimum Gasteiger partial charge on any atom is -0.461 e. The molecule has 0 atom stereocenters. The molecule has 0 radical (unpaired) electrons. The number of esters is 1. The van der Waals surface area contributed by atoms with Crippen LogP contribution in [0.15, 0.2) is 24.3 Å². The van der Waals surface area contributed by atoms with Crippen LogP contribution in [0.25, 0.3) is 11.3 Å². The van der Waals surface area contributed by atoms with Crippen molar-refractivity contribution < 1.29 is 9.53 Å². The van der Waals surface area contributed by atoms with Gasteiger partial charge in [0.2, 0.25) is 0 Å². The smallest absolute Gasteiger partial charge is 0.356 e. The molecule has 0 aliphatic carbocycles. The molecule has 1 heterocycles. The first-order valence-electron chi connectivity index (χ1n) is 6.90. The molecule has 2 rings (SSSR count). The van der Waals surface area contributed by atoms with Gasteiger partial charge >= 0.3 is 5.97 Å². The first-order chi connectivity index (χ1) is 9.58. The maximum atomic E-state index is 12.1. The molecule has 0 fully saturated rings. The topological polar surface area (TPSA) is 44.1 Å². The van der Waals surface area contributed by atoms with Crippen molar-refractivity contribution in [1.29, 1.82) is 0 Å². The molecule has 0 bridgehead atoms. The first kappa shape index (κ1) is 14.3. The van der Waals surface area contributed by atoms with Crippen LogP contribution in [-0.4, -0.2) is 22.4 Å². The zero-order valence-corrected chi connectivity index (χ0v) is 12.4. The number of ether oxygens (including phenoxy) is 1. The molecule has 0 spiro atoms. The third-order valence-corrected chi connectivity index (χ3v) is 3.25. The van der Waals surface area contributed by atoms with Crippen molar-refractivity contribution >= 4 is 5.97 Å².